The normalized spacial score (nSPS) is 12.1. The topological polar surface area (TPSA) is 65.4 Å². The van der Waals surface area contributed by atoms with Crippen LogP contribution in [0.1, 0.15) is 25.0 Å². The summed E-state index contributed by atoms with van der Waals surface area (Å²) in [5, 5.41) is 9.38. The maximum absolute atomic E-state index is 14.3. The van der Waals surface area contributed by atoms with E-state index in [-0.39, 0.29) is 24.4 Å². The largest absolute Gasteiger partial charge is 0.394 e. The highest BCUT2D eigenvalue weighted by Crippen LogP contribution is 2.21. The number of oxime groups is 1. The predicted molar refractivity (Wildman–Crippen MR) is 102 cm³/mol. The first-order valence-electron chi connectivity index (χ1n) is 8.81. The van der Waals surface area contributed by atoms with Crippen molar-refractivity contribution >= 4 is 16.6 Å². The summed E-state index contributed by atoms with van der Waals surface area (Å²) in [6, 6.07) is 8.98. The lowest BCUT2D eigenvalue weighted by Gasteiger charge is -2.10. The SMILES string of the molecule is CC(C)Cn1ncc2cc(/C(=N/OCCN)c3ccc(F)cc3F)ccc21. The van der Waals surface area contributed by atoms with Crippen molar-refractivity contribution < 1.29 is 13.6 Å². The molecule has 0 bridgehead atoms. The Morgan fingerprint density at radius 2 is 2.04 bits per heavy atom. The molecule has 27 heavy (non-hydrogen) atoms. The summed E-state index contributed by atoms with van der Waals surface area (Å²) in [5.74, 6) is -0.896. The van der Waals surface area contributed by atoms with Crippen LogP contribution in [0, 0.1) is 17.6 Å². The molecule has 3 aromatic rings. The van der Waals surface area contributed by atoms with Crippen LogP contribution in [0.15, 0.2) is 47.8 Å². The summed E-state index contributed by atoms with van der Waals surface area (Å²) in [6.45, 7) is 5.53. The van der Waals surface area contributed by atoms with Crippen molar-refractivity contribution in [2.24, 2.45) is 16.8 Å². The molecule has 0 atom stereocenters. The molecule has 0 aliphatic rings. The monoisotopic (exact) mass is 372 g/mol. The number of hydrogen-bond acceptors (Lipinski definition) is 4. The second-order valence-corrected chi connectivity index (χ2v) is 6.68. The van der Waals surface area contributed by atoms with E-state index in [0.717, 1.165) is 23.5 Å². The number of nitrogens with two attached hydrogens (primary N) is 1. The van der Waals surface area contributed by atoms with Gasteiger partial charge in [0.2, 0.25) is 0 Å². The predicted octanol–water partition coefficient (Wildman–Crippen LogP) is 3.70. The Hall–Kier alpha value is -2.80. The standard InChI is InChI=1S/C20H22F2N4O/c1-13(2)12-26-19-6-3-14(9-15(19)11-24-26)20(25-27-8-7-23)17-5-4-16(21)10-18(17)22/h3-6,9-11,13H,7-8,12,23H2,1-2H3/b25-20-. The van der Waals surface area contributed by atoms with Gasteiger partial charge >= 0.3 is 0 Å². The molecule has 0 radical (unpaired) electrons. The van der Waals surface area contributed by atoms with Crippen LogP contribution in [0.2, 0.25) is 0 Å². The molecule has 0 saturated carbocycles. The van der Waals surface area contributed by atoms with E-state index < -0.39 is 11.6 Å². The van der Waals surface area contributed by atoms with E-state index in [1.807, 2.05) is 22.9 Å². The molecule has 0 saturated heterocycles. The van der Waals surface area contributed by atoms with E-state index in [2.05, 4.69) is 24.1 Å². The van der Waals surface area contributed by atoms with E-state index >= 15 is 0 Å². The third-order valence-corrected chi connectivity index (χ3v) is 4.00. The number of halogens is 2. The van der Waals surface area contributed by atoms with Crippen molar-refractivity contribution in [1.29, 1.82) is 0 Å². The van der Waals surface area contributed by atoms with Gasteiger partial charge in [0.1, 0.15) is 24.0 Å². The number of hydrogen-bond donors (Lipinski definition) is 1. The molecule has 0 aliphatic heterocycles. The molecule has 1 aromatic heterocycles. The zero-order valence-electron chi connectivity index (χ0n) is 15.3. The summed E-state index contributed by atoms with van der Waals surface area (Å²) in [5.41, 5.74) is 7.49. The Morgan fingerprint density at radius 1 is 1.22 bits per heavy atom. The Bertz CT molecular complexity index is 966. The third kappa shape index (κ3) is 4.31. The molecule has 142 valence electrons. The molecule has 0 amide bonds. The minimum Gasteiger partial charge on any atom is -0.394 e. The van der Waals surface area contributed by atoms with Crippen molar-refractivity contribution in [3.8, 4) is 0 Å². The minimum absolute atomic E-state index is 0.155. The van der Waals surface area contributed by atoms with Gasteiger partial charge < -0.3 is 10.6 Å². The molecule has 3 rings (SSSR count). The third-order valence-electron chi connectivity index (χ3n) is 4.00. The highest BCUT2D eigenvalue weighted by Gasteiger charge is 2.16. The van der Waals surface area contributed by atoms with Crippen molar-refractivity contribution in [3.63, 3.8) is 0 Å². The van der Waals surface area contributed by atoms with Gasteiger partial charge in [-0.3, -0.25) is 4.68 Å². The zero-order chi connectivity index (χ0) is 19.4. The number of benzene rings is 2. The summed E-state index contributed by atoms with van der Waals surface area (Å²) in [7, 11) is 0. The van der Waals surface area contributed by atoms with Gasteiger partial charge in [0.05, 0.1) is 11.7 Å². The van der Waals surface area contributed by atoms with Gasteiger partial charge in [-0.05, 0) is 30.2 Å². The maximum Gasteiger partial charge on any atom is 0.135 e. The molecule has 2 N–H and O–H groups in total. The molecule has 7 heteroatoms. The average Bonchev–Trinajstić information content (AvgIpc) is 3.01. The minimum atomic E-state index is -0.708. The second-order valence-electron chi connectivity index (χ2n) is 6.68. The summed E-state index contributed by atoms with van der Waals surface area (Å²) in [4.78, 5) is 5.19. The van der Waals surface area contributed by atoms with Gasteiger partial charge in [0.15, 0.2) is 0 Å². The maximum atomic E-state index is 14.3. The summed E-state index contributed by atoms with van der Waals surface area (Å²) in [6.07, 6.45) is 1.76. The van der Waals surface area contributed by atoms with Gasteiger partial charge in [0, 0.05) is 35.7 Å². The summed E-state index contributed by atoms with van der Waals surface area (Å²) < 4.78 is 29.6. The van der Waals surface area contributed by atoms with E-state index in [4.69, 9.17) is 10.6 Å². The second kappa shape index (κ2) is 8.26. The molecular formula is C20H22F2N4O. The van der Waals surface area contributed by atoms with Crippen LogP contribution in [0.25, 0.3) is 10.9 Å². The molecule has 2 aromatic carbocycles. The van der Waals surface area contributed by atoms with E-state index in [1.165, 1.54) is 12.1 Å². The smallest absolute Gasteiger partial charge is 0.135 e. The van der Waals surface area contributed by atoms with E-state index in [0.29, 0.717) is 11.5 Å². The molecule has 0 aliphatic carbocycles. The molecule has 0 unspecified atom stereocenters. The lowest BCUT2D eigenvalue weighted by atomic mass is 10.0. The Morgan fingerprint density at radius 3 is 2.74 bits per heavy atom. The van der Waals surface area contributed by atoms with Gasteiger partial charge in [-0.1, -0.05) is 25.1 Å². The highest BCUT2D eigenvalue weighted by molar-refractivity contribution is 6.14. The Kier molecular flexibility index (Phi) is 5.81. The van der Waals surface area contributed by atoms with Crippen LogP contribution >= 0.6 is 0 Å². The first-order chi connectivity index (χ1) is 13.0. The number of fused-ring (bicyclic) bond motifs is 1. The van der Waals surface area contributed by atoms with Crippen molar-refractivity contribution in [2.45, 2.75) is 20.4 Å². The molecule has 5 nitrogen and oxygen atoms in total. The van der Waals surface area contributed by atoms with Crippen molar-refractivity contribution in [3.05, 3.63) is 65.4 Å². The molecular weight excluding hydrogens is 350 g/mol. The lowest BCUT2D eigenvalue weighted by molar-refractivity contribution is 0.152. The first-order valence-corrected chi connectivity index (χ1v) is 8.81. The highest BCUT2D eigenvalue weighted by atomic mass is 19.1. The Balaban J connectivity index is 2.05. The van der Waals surface area contributed by atoms with Crippen LogP contribution in [0.3, 0.4) is 0 Å². The van der Waals surface area contributed by atoms with Crippen LogP contribution in [0.5, 0.6) is 0 Å². The van der Waals surface area contributed by atoms with Gasteiger partial charge in [-0.25, -0.2) is 8.78 Å². The molecule has 1 heterocycles. The first kappa shape index (κ1) is 19.0. The average molecular weight is 372 g/mol. The van der Waals surface area contributed by atoms with Crippen LogP contribution < -0.4 is 5.73 Å². The fourth-order valence-corrected chi connectivity index (χ4v) is 2.83. The lowest BCUT2D eigenvalue weighted by Crippen LogP contribution is -2.11. The van der Waals surface area contributed by atoms with Crippen LogP contribution in [-0.4, -0.2) is 28.6 Å². The summed E-state index contributed by atoms with van der Waals surface area (Å²) >= 11 is 0. The van der Waals surface area contributed by atoms with E-state index in [1.54, 1.807) is 6.20 Å². The van der Waals surface area contributed by atoms with Crippen molar-refractivity contribution in [2.75, 3.05) is 13.2 Å². The van der Waals surface area contributed by atoms with Gasteiger partial charge in [-0.15, -0.1) is 0 Å². The van der Waals surface area contributed by atoms with Gasteiger partial charge in [-0.2, -0.15) is 5.10 Å². The van der Waals surface area contributed by atoms with Crippen molar-refractivity contribution in [1.82, 2.24) is 9.78 Å². The molecule has 0 fully saturated rings. The van der Waals surface area contributed by atoms with E-state index in [9.17, 15) is 8.78 Å². The quantitative estimate of drug-likeness (QED) is 0.391. The van der Waals surface area contributed by atoms with Crippen LogP contribution in [-0.2, 0) is 11.4 Å². The van der Waals surface area contributed by atoms with Crippen LogP contribution in [0.4, 0.5) is 8.78 Å². The number of aromatic nitrogens is 2. The van der Waals surface area contributed by atoms with Gasteiger partial charge in [0.25, 0.3) is 0 Å². The Labute approximate surface area is 156 Å². The fourth-order valence-electron chi connectivity index (χ4n) is 2.83. The zero-order valence-corrected chi connectivity index (χ0v) is 15.3. The number of rotatable bonds is 7. The number of nitrogens with zero attached hydrogens (tertiary/aromatic N) is 3. The fraction of sp³-hybridized carbons (Fsp3) is 0.300. The molecule has 0 spiro atoms.